The zero-order chi connectivity index (χ0) is 15.3. The molecule has 0 fully saturated rings. The van der Waals surface area contributed by atoms with Crippen LogP contribution >= 0.6 is 0 Å². The number of nitrogen functional groups attached to an aromatic ring is 1. The van der Waals surface area contributed by atoms with Crippen molar-refractivity contribution in [1.29, 1.82) is 0 Å². The minimum atomic E-state index is -0.494. The van der Waals surface area contributed by atoms with Gasteiger partial charge in [-0.2, -0.15) is 0 Å². The molecule has 4 heteroatoms. The SMILES string of the molecule is Cc1cc(N)cc(C(=O)NC(C)CCCC(C)C)c1F. The van der Waals surface area contributed by atoms with Crippen molar-refractivity contribution < 1.29 is 9.18 Å². The number of amides is 1. The van der Waals surface area contributed by atoms with Crippen LogP contribution in [0.5, 0.6) is 0 Å². The van der Waals surface area contributed by atoms with Gasteiger partial charge in [0.2, 0.25) is 0 Å². The van der Waals surface area contributed by atoms with Crippen molar-refractivity contribution in [3.05, 3.63) is 29.1 Å². The summed E-state index contributed by atoms with van der Waals surface area (Å²) in [5.74, 6) is -0.229. The molecule has 0 saturated carbocycles. The van der Waals surface area contributed by atoms with Crippen LogP contribution in [0, 0.1) is 18.7 Å². The van der Waals surface area contributed by atoms with Gasteiger partial charge in [0.1, 0.15) is 5.82 Å². The highest BCUT2D eigenvalue weighted by molar-refractivity contribution is 5.95. The van der Waals surface area contributed by atoms with Crippen molar-refractivity contribution in [3.8, 4) is 0 Å². The summed E-state index contributed by atoms with van der Waals surface area (Å²) < 4.78 is 13.9. The van der Waals surface area contributed by atoms with Gasteiger partial charge in [0.25, 0.3) is 5.91 Å². The number of hydrogen-bond acceptors (Lipinski definition) is 2. The van der Waals surface area contributed by atoms with Crippen molar-refractivity contribution in [3.63, 3.8) is 0 Å². The Kier molecular flexibility index (Phi) is 5.99. The highest BCUT2D eigenvalue weighted by Crippen LogP contribution is 2.17. The molecule has 0 heterocycles. The van der Waals surface area contributed by atoms with Gasteiger partial charge in [0, 0.05) is 11.7 Å². The van der Waals surface area contributed by atoms with Crippen LogP contribution < -0.4 is 11.1 Å². The maximum absolute atomic E-state index is 13.9. The van der Waals surface area contributed by atoms with E-state index in [2.05, 4.69) is 19.2 Å². The smallest absolute Gasteiger partial charge is 0.254 e. The topological polar surface area (TPSA) is 55.1 Å². The van der Waals surface area contributed by atoms with Crippen LogP contribution in [-0.2, 0) is 0 Å². The lowest BCUT2D eigenvalue weighted by Gasteiger charge is -2.15. The summed E-state index contributed by atoms with van der Waals surface area (Å²) >= 11 is 0. The molecule has 1 amide bonds. The Morgan fingerprint density at radius 1 is 1.30 bits per heavy atom. The van der Waals surface area contributed by atoms with Crippen LogP contribution in [0.15, 0.2) is 12.1 Å². The third-order valence-electron chi connectivity index (χ3n) is 3.32. The zero-order valence-electron chi connectivity index (χ0n) is 12.8. The van der Waals surface area contributed by atoms with Gasteiger partial charge in [-0.05, 0) is 43.9 Å². The summed E-state index contributed by atoms with van der Waals surface area (Å²) in [6.45, 7) is 7.89. The number of carbonyl (C=O) groups is 1. The second-order valence-corrected chi connectivity index (χ2v) is 5.90. The summed E-state index contributed by atoms with van der Waals surface area (Å²) in [4.78, 5) is 12.1. The fourth-order valence-corrected chi connectivity index (χ4v) is 2.17. The monoisotopic (exact) mass is 280 g/mol. The minimum absolute atomic E-state index is 0.0261. The molecule has 0 aliphatic carbocycles. The predicted molar refractivity (Wildman–Crippen MR) is 81.2 cm³/mol. The third-order valence-corrected chi connectivity index (χ3v) is 3.32. The molecule has 1 atom stereocenters. The van der Waals surface area contributed by atoms with E-state index in [4.69, 9.17) is 5.73 Å². The second kappa shape index (κ2) is 7.27. The lowest BCUT2D eigenvalue weighted by Crippen LogP contribution is -2.33. The molecule has 20 heavy (non-hydrogen) atoms. The Labute approximate surface area is 120 Å². The fourth-order valence-electron chi connectivity index (χ4n) is 2.17. The normalized spacial score (nSPS) is 12.5. The Morgan fingerprint density at radius 3 is 2.55 bits per heavy atom. The average Bonchev–Trinajstić information content (AvgIpc) is 2.32. The number of anilines is 1. The minimum Gasteiger partial charge on any atom is -0.399 e. The first-order valence-electron chi connectivity index (χ1n) is 7.17. The summed E-state index contributed by atoms with van der Waals surface area (Å²) in [5.41, 5.74) is 6.49. The van der Waals surface area contributed by atoms with E-state index in [0.717, 1.165) is 19.3 Å². The molecule has 0 aliphatic heterocycles. The summed E-state index contributed by atoms with van der Waals surface area (Å²) in [7, 11) is 0. The second-order valence-electron chi connectivity index (χ2n) is 5.90. The van der Waals surface area contributed by atoms with E-state index in [1.54, 1.807) is 6.92 Å². The summed E-state index contributed by atoms with van der Waals surface area (Å²) in [6, 6.07) is 2.94. The van der Waals surface area contributed by atoms with Gasteiger partial charge in [-0.1, -0.05) is 26.7 Å². The van der Waals surface area contributed by atoms with E-state index < -0.39 is 11.7 Å². The van der Waals surface area contributed by atoms with Crippen LogP contribution in [0.4, 0.5) is 10.1 Å². The Balaban J connectivity index is 2.63. The first-order valence-corrected chi connectivity index (χ1v) is 7.17. The van der Waals surface area contributed by atoms with E-state index in [1.165, 1.54) is 12.1 Å². The molecule has 1 aromatic carbocycles. The molecule has 1 unspecified atom stereocenters. The zero-order valence-corrected chi connectivity index (χ0v) is 12.8. The van der Waals surface area contributed by atoms with Crippen LogP contribution in [-0.4, -0.2) is 11.9 Å². The van der Waals surface area contributed by atoms with Crippen molar-refractivity contribution in [1.82, 2.24) is 5.32 Å². The number of aryl methyl sites for hydroxylation is 1. The van der Waals surface area contributed by atoms with Gasteiger partial charge in [0.05, 0.1) is 5.56 Å². The van der Waals surface area contributed by atoms with Crippen LogP contribution in [0.1, 0.15) is 56.0 Å². The van der Waals surface area contributed by atoms with Gasteiger partial charge in [-0.25, -0.2) is 4.39 Å². The fraction of sp³-hybridized carbons (Fsp3) is 0.562. The van der Waals surface area contributed by atoms with Gasteiger partial charge >= 0.3 is 0 Å². The Hall–Kier alpha value is -1.58. The standard InChI is InChI=1S/C16H25FN2O/c1-10(2)6-5-7-12(4)19-16(20)14-9-13(18)8-11(3)15(14)17/h8-10,12H,5-7,18H2,1-4H3,(H,19,20). The van der Waals surface area contributed by atoms with Gasteiger partial charge in [0.15, 0.2) is 0 Å². The van der Waals surface area contributed by atoms with E-state index in [1.807, 2.05) is 6.92 Å². The molecular weight excluding hydrogens is 255 g/mol. The van der Waals surface area contributed by atoms with Crippen molar-refractivity contribution in [2.45, 2.75) is 53.0 Å². The predicted octanol–water partition coefficient (Wildman–Crippen LogP) is 3.66. The third kappa shape index (κ3) is 4.83. The number of benzene rings is 1. The van der Waals surface area contributed by atoms with Crippen LogP contribution in [0.25, 0.3) is 0 Å². The molecule has 0 aliphatic rings. The average molecular weight is 280 g/mol. The number of hydrogen-bond donors (Lipinski definition) is 2. The van der Waals surface area contributed by atoms with Crippen molar-refractivity contribution in [2.75, 3.05) is 5.73 Å². The molecule has 3 nitrogen and oxygen atoms in total. The number of rotatable bonds is 6. The molecule has 1 aromatic rings. The summed E-state index contributed by atoms with van der Waals surface area (Å²) in [5, 5.41) is 2.83. The molecule has 0 bridgehead atoms. The molecule has 0 aromatic heterocycles. The van der Waals surface area contributed by atoms with E-state index in [-0.39, 0.29) is 11.6 Å². The van der Waals surface area contributed by atoms with E-state index in [0.29, 0.717) is 17.2 Å². The lowest BCUT2D eigenvalue weighted by atomic mass is 10.0. The summed E-state index contributed by atoms with van der Waals surface area (Å²) in [6.07, 6.45) is 3.08. The first kappa shape index (κ1) is 16.5. The molecule has 112 valence electrons. The molecule has 1 rings (SSSR count). The molecule has 0 saturated heterocycles. The number of carbonyl (C=O) groups excluding carboxylic acids is 1. The van der Waals surface area contributed by atoms with Crippen LogP contribution in [0.2, 0.25) is 0 Å². The van der Waals surface area contributed by atoms with Gasteiger partial charge < -0.3 is 11.1 Å². The Morgan fingerprint density at radius 2 is 1.95 bits per heavy atom. The largest absolute Gasteiger partial charge is 0.399 e. The van der Waals surface area contributed by atoms with E-state index in [9.17, 15) is 9.18 Å². The number of nitrogens with one attached hydrogen (secondary N) is 1. The van der Waals surface area contributed by atoms with Gasteiger partial charge in [-0.3, -0.25) is 4.79 Å². The van der Waals surface area contributed by atoms with Crippen molar-refractivity contribution >= 4 is 11.6 Å². The maximum atomic E-state index is 13.9. The first-order chi connectivity index (χ1) is 9.31. The quantitative estimate of drug-likeness (QED) is 0.781. The molecule has 0 radical (unpaired) electrons. The lowest BCUT2D eigenvalue weighted by molar-refractivity contribution is 0.0933. The van der Waals surface area contributed by atoms with Crippen LogP contribution in [0.3, 0.4) is 0 Å². The van der Waals surface area contributed by atoms with Crippen molar-refractivity contribution in [2.24, 2.45) is 5.92 Å². The van der Waals surface area contributed by atoms with E-state index >= 15 is 0 Å². The highest BCUT2D eigenvalue weighted by Gasteiger charge is 2.16. The molecule has 3 N–H and O–H groups in total. The molecular formula is C16H25FN2O. The Bertz CT molecular complexity index is 472. The molecule has 0 spiro atoms. The maximum Gasteiger partial charge on any atom is 0.254 e. The highest BCUT2D eigenvalue weighted by atomic mass is 19.1. The van der Waals surface area contributed by atoms with Gasteiger partial charge in [-0.15, -0.1) is 0 Å². The number of halogens is 1. The number of nitrogens with two attached hydrogens (primary N) is 1.